The molecule has 0 amide bonds. The van der Waals surface area contributed by atoms with E-state index in [1.807, 2.05) is 0 Å². The second-order valence-electron chi connectivity index (χ2n) is 6.67. The second-order valence-corrected chi connectivity index (χ2v) is 7.59. The standard InChI is InChI=1S/C17H24BrN/c1-2-10-19-13-17(11-16(12-17)8-3-9-16)14-4-6-15(18)7-5-14/h4-7,19H,2-3,8-13H2,1H3. The first kappa shape index (κ1) is 13.6. The van der Waals surface area contributed by atoms with Crippen molar-refractivity contribution in [2.75, 3.05) is 13.1 Å². The molecule has 0 heterocycles. The van der Waals surface area contributed by atoms with Gasteiger partial charge in [-0.25, -0.2) is 0 Å². The van der Waals surface area contributed by atoms with Crippen LogP contribution >= 0.6 is 15.9 Å². The molecule has 2 fully saturated rings. The van der Waals surface area contributed by atoms with E-state index in [9.17, 15) is 0 Å². The van der Waals surface area contributed by atoms with Gasteiger partial charge in [-0.2, -0.15) is 0 Å². The van der Waals surface area contributed by atoms with Crippen LogP contribution in [-0.4, -0.2) is 13.1 Å². The van der Waals surface area contributed by atoms with Gasteiger partial charge in [0, 0.05) is 16.4 Å². The molecule has 2 heteroatoms. The number of hydrogen-bond donors (Lipinski definition) is 1. The van der Waals surface area contributed by atoms with Crippen LogP contribution in [-0.2, 0) is 5.41 Å². The molecule has 2 aliphatic rings. The van der Waals surface area contributed by atoms with Gasteiger partial charge in [-0.3, -0.25) is 0 Å². The Labute approximate surface area is 125 Å². The van der Waals surface area contributed by atoms with Gasteiger partial charge in [0.25, 0.3) is 0 Å². The fourth-order valence-electron chi connectivity index (χ4n) is 4.15. The minimum atomic E-state index is 0.413. The summed E-state index contributed by atoms with van der Waals surface area (Å²) in [6.07, 6.45) is 8.43. The lowest BCUT2D eigenvalue weighted by molar-refractivity contribution is -0.0481. The van der Waals surface area contributed by atoms with E-state index in [0.717, 1.165) is 18.5 Å². The minimum absolute atomic E-state index is 0.413. The van der Waals surface area contributed by atoms with Crippen molar-refractivity contribution in [1.29, 1.82) is 0 Å². The number of rotatable bonds is 5. The Balaban J connectivity index is 1.75. The molecule has 1 spiro atoms. The van der Waals surface area contributed by atoms with Crippen LogP contribution < -0.4 is 5.32 Å². The molecule has 104 valence electrons. The molecule has 1 N–H and O–H groups in total. The van der Waals surface area contributed by atoms with E-state index in [1.54, 1.807) is 0 Å². The molecule has 0 atom stereocenters. The van der Waals surface area contributed by atoms with Crippen LogP contribution in [0.2, 0.25) is 0 Å². The first-order valence-corrected chi connectivity index (χ1v) is 8.44. The molecular formula is C17H24BrN. The topological polar surface area (TPSA) is 12.0 Å². The molecule has 19 heavy (non-hydrogen) atoms. The molecule has 0 saturated heterocycles. The summed E-state index contributed by atoms with van der Waals surface area (Å²) in [7, 11) is 0. The summed E-state index contributed by atoms with van der Waals surface area (Å²) in [4.78, 5) is 0. The quantitative estimate of drug-likeness (QED) is 0.778. The summed E-state index contributed by atoms with van der Waals surface area (Å²) in [5, 5.41) is 3.67. The highest BCUT2D eigenvalue weighted by Gasteiger charge is 2.57. The Hall–Kier alpha value is -0.340. The first-order valence-electron chi connectivity index (χ1n) is 7.65. The van der Waals surface area contributed by atoms with Crippen molar-refractivity contribution >= 4 is 15.9 Å². The first-order chi connectivity index (χ1) is 9.18. The smallest absolute Gasteiger partial charge is 0.0175 e. The Bertz CT molecular complexity index is 425. The van der Waals surface area contributed by atoms with E-state index in [1.165, 1.54) is 48.6 Å². The zero-order valence-corrected chi connectivity index (χ0v) is 13.4. The van der Waals surface area contributed by atoms with Gasteiger partial charge in [0.1, 0.15) is 0 Å². The lowest BCUT2D eigenvalue weighted by Crippen LogP contribution is -2.57. The largest absolute Gasteiger partial charge is 0.316 e. The molecule has 1 aromatic rings. The Morgan fingerprint density at radius 2 is 1.84 bits per heavy atom. The van der Waals surface area contributed by atoms with Crippen LogP contribution in [0.5, 0.6) is 0 Å². The third-order valence-electron chi connectivity index (χ3n) is 5.19. The molecule has 2 aliphatic carbocycles. The van der Waals surface area contributed by atoms with E-state index in [0.29, 0.717) is 5.41 Å². The van der Waals surface area contributed by atoms with Crippen LogP contribution in [0.25, 0.3) is 0 Å². The predicted octanol–water partition coefficient (Wildman–Crippen LogP) is 4.65. The summed E-state index contributed by atoms with van der Waals surface area (Å²) >= 11 is 3.55. The highest BCUT2D eigenvalue weighted by atomic mass is 79.9. The van der Waals surface area contributed by atoms with Crippen molar-refractivity contribution in [2.45, 2.75) is 50.9 Å². The third-order valence-corrected chi connectivity index (χ3v) is 5.72. The molecule has 2 saturated carbocycles. The lowest BCUT2D eigenvalue weighted by Gasteiger charge is -2.62. The van der Waals surface area contributed by atoms with Crippen LogP contribution in [0.3, 0.4) is 0 Å². The van der Waals surface area contributed by atoms with Gasteiger partial charge in [0.2, 0.25) is 0 Å². The zero-order valence-electron chi connectivity index (χ0n) is 11.8. The molecule has 0 radical (unpaired) electrons. The van der Waals surface area contributed by atoms with Crippen LogP contribution in [0.1, 0.15) is 51.0 Å². The molecule has 0 bridgehead atoms. The molecule has 0 unspecified atom stereocenters. The highest BCUT2D eigenvalue weighted by molar-refractivity contribution is 9.10. The van der Waals surface area contributed by atoms with Crippen LogP contribution in [0.4, 0.5) is 0 Å². The average molecular weight is 322 g/mol. The van der Waals surface area contributed by atoms with E-state index in [2.05, 4.69) is 52.4 Å². The summed E-state index contributed by atoms with van der Waals surface area (Å²) in [6.45, 7) is 4.54. The second kappa shape index (κ2) is 5.21. The summed E-state index contributed by atoms with van der Waals surface area (Å²) in [6, 6.07) is 9.04. The van der Waals surface area contributed by atoms with Gasteiger partial charge in [-0.1, -0.05) is 41.4 Å². The fraction of sp³-hybridized carbons (Fsp3) is 0.647. The Kier molecular flexibility index (Phi) is 3.74. The minimum Gasteiger partial charge on any atom is -0.316 e. The maximum Gasteiger partial charge on any atom is 0.0175 e. The number of nitrogens with one attached hydrogen (secondary N) is 1. The van der Waals surface area contributed by atoms with Crippen molar-refractivity contribution in [3.63, 3.8) is 0 Å². The Morgan fingerprint density at radius 1 is 1.16 bits per heavy atom. The molecule has 1 nitrogen and oxygen atoms in total. The molecule has 1 aromatic carbocycles. The summed E-state index contributed by atoms with van der Waals surface area (Å²) < 4.78 is 1.19. The predicted molar refractivity (Wildman–Crippen MR) is 84.5 cm³/mol. The molecular weight excluding hydrogens is 298 g/mol. The van der Waals surface area contributed by atoms with Gasteiger partial charge >= 0.3 is 0 Å². The van der Waals surface area contributed by atoms with Crippen molar-refractivity contribution in [2.24, 2.45) is 5.41 Å². The van der Waals surface area contributed by atoms with E-state index >= 15 is 0 Å². The zero-order chi connectivity index (χ0) is 13.3. The van der Waals surface area contributed by atoms with Crippen molar-refractivity contribution in [3.8, 4) is 0 Å². The highest BCUT2D eigenvalue weighted by Crippen LogP contribution is 2.64. The fourth-order valence-corrected chi connectivity index (χ4v) is 4.42. The van der Waals surface area contributed by atoms with Crippen LogP contribution in [0, 0.1) is 5.41 Å². The monoisotopic (exact) mass is 321 g/mol. The summed E-state index contributed by atoms with van der Waals surface area (Å²) in [5.74, 6) is 0. The third kappa shape index (κ3) is 2.50. The normalized spacial score (nSPS) is 22.8. The van der Waals surface area contributed by atoms with Crippen molar-refractivity contribution in [1.82, 2.24) is 5.32 Å². The molecule has 0 aliphatic heterocycles. The SMILES string of the molecule is CCCNCC1(c2ccc(Br)cc2)CC2(CCC2)C1. The maximum atomic E-state index is 3.67. The van der Waals surface area contributed by atoms with Gasteiger partial charge in [0.05, 0.1) is 0 Å². The van der Waals surface area contributed by atoms with E-state index < -0.39 is 0 Å². The molecule has 0 aromatic heterocycles. The van der Waals surface area contributed by atoms with Crippen LogP contribution in [0.15, 0.2) is 28.7 Å². The van der Waals surface area contributed by atoms with Gasteiger partial charge in [-0.15, -0.1) is 0 Å². The average Bonchev–Trinajstić information content (AvgIpc) is 2.31. The lowest BCUT2D eigenvalue weighted by atomic mass is 9.43. The number of benzene rings is 1. The van der Waals surface area contributed by atoms with Gasteiger partial charge < -0.3 is 5.32 Å². The van der Waals surface area contributed by atoms with Gasteiger partial charge in [-0.05, 0) is 61.8 Å². The van der Waals surface area contributed by atoms with Crippen molar-refractivity contribution in [3.05, 3.63) is 34.3 Å². The van der Waals surface area contributed by atoms with E-state index in [-0.39, 0.29) is 0 Å². The molecule has 3 rings (SSSR count). The Morgan fingerprint density at radius 3 is 2.37 bits per heavy atom. The number of halogens is 1. The van der Waals surface area contributed by atoms with E-state index in [4.69, 9.17) is 0 Å². The summed E-state index contributed by atoms with van der Waals surface area (Å²) in [5.41, 5.74) is 2.67. The maximum absolute atomic E-state index is 3.67. The van der Waals surface area contributed by atoms with Gasteiger partial charge in [0.15, 0.2) is 0 Å². The van der Waals surface area contributed by atoms with Crippen molar-refractivity contribution < 1.29 is 0 Å². The number of hydrogen-bond acceptors (Lipinski definition) is 1.